The van der Waals surface area contributed by atoms with Gasteiger partial charge in [-0.1, -0.05) is 0 Å². The molecule has 0 amide bonds. The zero-order valence-corrected chi connectivity index (χ0v) is 19.8. The second kappa shape index (κ2) is 11.1. The van der Waals surface area contributed by atoms with Crippen molar-refractivity contribution in [1.29, 1.82) is 0 Å². The summed E-state index contributed by atoms with van der Waals surface area (Å²) < 4.78 is 31.3. The number of rotatable bonds is 12. The molecule has 0 aromatic rings. The predicted molar refractivity (Wildman–Crippen MR) is 107 cm³/mol. The minimum absolute atomic E-state index is 0.0219. The molecule has 7 nitrogen and oxygen atoms in total. The van der Waals surface area contributed by atoms with Crippen LogP contribution in [0.25, 0.3) is 0 Å². The van der Waals surface area contributed by atoms with Gasteiger partial charge >= 0.3 is 7.82 Å². The fraction of sp³-hybridized carbons (Fsp3) is 1.00. The number of nitrogens with zero attached hydrogens (tertiary/aromatic N) is 3. The van der Waals surface area contributed by atoms with Crippen LogP contribution in [0.2, 0.25) is 0 Å². The van der Waals surface area contributed by atoms with Crippen molar-refractivity contribution in [3.8, 4) is 0 Å². The smallest absolute Gasteiger partial charge is 0.223 e. The van der Waals surface area contributed by atoms with E-state index >= 15 is 0 Å². The van der Waals surface area contributed by atoms with Gasteiger partial charge < -0.3 is 0 Å². The lowest BCUT2D eigenvalue weighted by Crippen LogP contribution is -2.43. The second-order valence-corrected chi connectivity index (χ2v) is 9.72. The molecule has 0 aromatic heterocycles. The SMILES string of the molecule is CC(C)N(OP(=O)(ON(C(C)C)C(C)C)ON(C(C)C)C(C)C)C(C)C. The molecule has 0 unspecified atom stereocenters. The minimum atomic E-state index is -3.93. The minimum Gasteiger partial charge on any atom is -0.223 e. The largest absolute Gasteiger partial charge is 0.525 e. The van der Waals surface area contributed by atoms with E-state index in [1.807, 2.05) is 83.1 Å². The maximum Gasteiger partial charge on any atom is 0.525 e. The summed E-state index contributed by atoms with van der Waals surface area (Å²) in [5.41, 5.74) is 0. The Bertz CT molecular complexity index is 356. The summed E-state index contributed by atoms with van der Waals surface area (Å²) in [5.74, 6) is 0. The molecule has 0 rings (SSSR count). The lowest BCUT2D eigenvalue weighted by Gasteiger charge is -2.38. The molecule has 0 atom stereocenters. The van der Waals surface area contributed by atoms with Crippen LogP contribution in [0.15, 0.2) is 0 Å². The van der Waals surface area contributed by atoms with Gasteiger partial charge in [0.25, 0.3) is 0 Å². The Morgan fingerprint density at radius 3 is 0.731 bits per heavy atom. The van der Waals surface area contributed by atoms with Gasteiger partial charge in [0.05, 0.1) is 0 Å². The lowest BCUT2D eigenvalue weighted by molar-refractivity contribution is -0.226. The monoisotopic (exact) mass is 395 g/mol. The number of hydrogen-bond acceptors (Lipinski definition) is 7. The molecule has 0 saturated heterocycles. The van der Waals surface area contributed by atoms with E-state index in [9.17, 15) is 4.57 Å². The highest BCUT2D eigenvalue weighted by Crippen LogP contribution is 2.53. The van der Waals surface area contributed by atoms with Crippen molar-refractivity contribution in [2.75, 3.05) is 0 Å². The molecule has 0 spiro atoms. The van der Waals surface area contributed by atoms with Crippen molar-refractivity contribution in [3.63, 3.8) is 0 Å². The van der Waals surface area contributed by atoms with Crippen molar-refractivity contribution in [2.45, 2.75) is 119 Å². The fourth-order valence-corrected chi connectivity index (χ4v) is 4.66. The number of phosphoric acid groups is 1. The van der Waals surface area contributed by atoms with E-state index in [0.717, 1.165) is 0 Å². The molecule has 0 saturated carbocycles. The van der Waals surface area contributed by atoms with Crippen LogP contribution in [0, 0.1) is 0 Å². The van der Waals surface area contributed by atoms with Crippen LogP contribution in [0.5, 0.6) is 0 Å². The topological polar surface area (TPSA) is 54.5 Å². The average molecular weight is 396 g/mol. The second-order valence-electron chi connectivity index (χ2n) is 8.33. The molecule has 26 heavy (non-hydrogen) atoms. The van der Waals surface area contributed by atoms with Crippen LogP contribution in [0.3, 0.4) is 0 Å². The standard InChI is InChI=1S/C18H42N3O4P/c1-13(2)19(14(3)4)23-26(22,24-20(15(5)6)16(7)8)25-21(17(9)10)18(11)12/h13-18H,1-12H3. The summed E-state index contributed by atoms with van der Waals surface area (Å²) in [6.45, 7) is 23.8. The molecular formula is C18H42N3O4P. The van der Waals surface area contributed by atoms with Crippen molar-refractivity contribution >= 4 is 7.82 Å². The summed E-state index contributed by atoms with van der Waals surface area (Å²) in [6.07, 6.45) is 0. The van der Waals surface area contributed by atoms with Crippen LogP contribution < -0.4 is 0 Å². The lowest BCUT2D eigenvalue weighted by atomic mass is 10.3. The van der Waals surface area contributed by atoms with E-state index in [1.165, 1.54) is 0 Å². The molecule has 8 heteroatoms. The first-order valence-corrected chi connectivity index (χ1v) is 11.2. The highest BCUT2D eigenvalue weighted by atomic mass is 31.2. The van der Waals surface area contributed by atoms with E-state index < -0.39 is 7.82 Å². The molecule has 0 N–H and O–H groups in total. The molecule has 0 fully saturated rings. The van der Waals surface area contributed by atoms with Crippen molar-refractivity contribution in [1.82, 2.24) is 15.2 Å². The number of hydroxylamine groups is 6. The van der Waals surface area contributed by atoms with Crippen LogP contribution in [-0.4, -0.2) is 51.4 Å². The Hall–Kier alpha value is -0.0100. The molecule has 0 radical (unpaired) electrons. The molecule has 0 aliphatic carbocycles. The highest BCUT2D eigenvalue weighted by Gasteiger charge is 2.40. The highest BCUT2D eigenvalue weighted by molar-refractivity contribution is 7.48. The Morgan fingerprint density at radius 2 is 0.615 bits per heavy atom. The van der Waals surface area contributed by atoms with Gasteiger partial charge in [0.1, 0.15) is 0 Å². The van der Waals surface area contributed by atoms with Crippen LogP contribution >= 0.6 is 7.82 Å². The molecule has 0 aliphatic heterocycles. The maximum absolute atomic E-state index is 13.7. The van der Waals surface area contributed by atoms with Crippen molar-refractivity contribution in [2.24, 2.45) is 0 Å². The molecule has 0 heterocycles. The quantitative estimate of drug-likeness (QED) is 0.330. The Labute approximate surface area is 161 Å². The van der Waals surface area contributed by atoms with Gasteiger partial charge in [0.15, 0.2) is 0 Å². The third-order valence-electron chi connectivity index (χ3n) is 3.64. The van der Waals surface area contributed by atoms with Gasteiger partial charge in [-0.25, -0.2) is 4.57 Å². The predicted octanol–water partition coefficient (Wildman–Crippen LogP) is 5.25. The first-order chi connectivity index (χ1) is 11.7. The van der Waals surface area contributed by atoms with Crippen LogP contribution in [0.4, 0.5) is 0 Å². The van der Waals surface area contributed by atoms with E-state index in [-0.39, 0.29) is 36.3 Å². The van der Waals surface area contributed by atoms with E-state index in [2.05, 4.69) is 0 Å². The summed E-state index contributed by atoms with van der Waals surface area (Å²) >= 11 is 0. The Kier molecular flexibility index (Phi) is 11.1. The van der Waals surface area contributed by atoms with E-state index in [4.69, 9.17) is 13.9 Å². The third kappa shape index (κ3) is 8.34. The first kappa shape index (κ1) is 26.0. The zero-order chi connectivity index (χ0) is 20.8. The zero-order valence-electron chi connectivity index (χ0n) is 18.9. The number of hydrogen-bond donors (Lipinski definition) is 0. The Morgan fingerprint density at radius 1 is 0.462 bits per heavy atom. The molecule has 158 valence electrons. The van der Waals surface area contributed by atoms with Gasteiger partial charge in [-0.15, -0.1) is 0 Å². The van der Waals surface area contributed by atoms with Crippen molar-refractivity contribution < 1.29 is 18.4 Å². The first-order valence-electron chi connectivity index (χ1n) is 9.76. The van der Waals surface area contributed by atoms with Gasteiger partial charge in [-0.2, -0.15) is 29.1 Å². The summed E-state index contributed by atoms with van der Waals surface area (Å²) in [4.78, 5) is 0. The molecule has 0 aliphatic rings. The molecule has 0 aromatic carbocycles. The fourth-order valence-electron chi connectivity index (χ4n) is 2.75. The summed E-state index contributed by atoms with van der Waals surface area (Å²) in [7, 11) is -3.93. The van der Waals surface area contributed by atoms with Crippen LogP contribution in [-0.2, 0) is 18.4 Å². The summed E-state index contributed by atoms with van der Waals surface area (Å²) in [5, 5.41) is 5.00. The van der Waals surface area contributed by atoms with Gasteiger partial charge in [-0.05, 0) is 83.1 Å². The molecule has 0 bridgehead atoms. The van der Waals surface area contributed by atoms with E-state index in [1.54, 1.807) is 15.2 Å². The van der Waals surface area contributed by atoms with Gasteiger partial charge in [0, 0.05) is 36.3 Å². The van der Waals surface area contributed by atoms with Crippen molar-refractivity contribution in [3.05, 3.63) is 0 Å². The maximum atomic E-state index is 13.7. The van der Waals surface area contributed by atoms with E-state index in [0.29, 0.717) is 0 Å². The average Bonchev–Trinajstić information content (AvgIpc) is 2.46. The van der Waals surface area contributed by atoms with Gasteiger partial charge in [-0.3, -0.25) is 0 Å². The normalized spacial score (nSPS) is 14.0. The molecular weight excluding hydrogens is 353 g/mol. The van der Waals surface area contributed by atoms with Gasteiger partial charge in [0.2, 0.25) is 0 Å². The van der Waals surface area contributed by atoms with Crippen LogP contribution in [0.1, 0.15) is 83.1 Å². The summed E-state index contributed by atoms with van der Waals surface area (Å²) in [6, 6.07) is 0.131. The third-order valence-corrected chi connectivity index (χ3v) is 4.80. The Balaban J connectivity index is 5.79.